The zero-order valence-electron chi connectivity index (χ0n) is 15.1. The van der Waals surface area contributed by atoms with Crippen LogP contribution in [0.4, 0.5) is 19.0 Å². The van der Waals surface area contributed by atoms with E-state index in [0.717, 1.165) is 21.0 Å². The van der Waals surface area contributed by atoms with Crippen LogP contribution in [0.2, 0.25) is 0 Å². The summed E-state index contributed by atoms with van der Waals surface area (Å²) in [7, 11) is -2.93. The number of aromatic amines is 1. The molecule has 1 N–H and O–H groups in total. The predicted molar refractivity (Wildman–Crippen MR) is 96.4 cm³/mol. The van der Waals surface area contributed by atoms with E-state index in [4.69, 9.17) is 0 Å². The van der Waals surface area contributed by atoms with Gasteiger partial charge in [0.25, 0.3) is 5.56 Å². The number of para-hydroxylation sites is 1. The predicted octanol–water partition coefficient (Wildman–Crippen LogP) is 0.483. The molecule has 1 fully saturated rings. The molecule has 158 valence electrons. The van der Waals surface area contributed by atoms with Gasteiger partial charge in [-0.05, 0) is 12.1 Å². The molecule has 1 aliphatic rings. The Bertz CT molecular complexity index is 1090. The normalized spacial score (nSPS) is 16.1. The van der Waals surface area contributed by atoms with Gasteiger partial charge in [-0.2, -0.15) is 4.31 Å². The van der Waals surface area contributed by atoms with Crippen LogP contribution in [0, 0.1) is 0 Å². The maximum atomic E-state index is 12.8. The topological polar surface area (TPSA) is 105 Å². The van der Waals surface area contributed by atoms with Crippen LogP contribution in [-0.4, -0.2) is 54.8 Å². The van der Waals surface area contributed by atoms with Crippen molar-refractivity contribution in [2.75, 3.05) is 31.1 Å². The zero-order chi connectivity index (χ0) is 21.4. The van der Waals surface area contributed by atoms with Gasteiger partial charge in [-0.3, -0.25) is 14.3 Å². The molecular formula is C16H17F3N4O5S. The Labute approximate surface area is 163 Å². The number of anilines is 1. The molecule has 1 saturated heterocycles. The third kappa shape index (κ3) is 4.45. The van der Waals surface area contributed by atoms with E-state index in [0.29, 0.717) is 0 Å². The second-order valence-electron chi connectivity index (χ2n) is 6.24. The number of piperazine rings is 1. The van der Waals surface area contributed by atoms with E-state index >= 15 is 0 Å². The molecule has 0 bridgehead atoms. The first-order chi connectivity index (χ1) is 13.5. The summed E-state index contributed by atoms with van der Waals surface area (Å²) >= 11 is 0. The lowest BCUT2D eigenvalue weighted by Crippen LogP contribution is -2.50. The highest BCUT2D eigenvalue weighted by molar-refractivity contribution is 7.89. The average Bonchev–Trinajstić information content (AvgIpc) is 2.65. The average molecular weight is 434 g/mol. The van der Waals surface area contributed by atoms with Crippen molar-refractivity contribution in [1.82, 2.24) is 13.9 Å². The second-order valence-corrected chi connectivity index (χ2v) is 8.15. The molecule has 2 heterocycles. The molecule has 0 amide bonds. The smallest absolute Gasteiger partial charge is 0.404 e. The van der Waals surface area contributed by atoms with E-state index in [9.17, 15) is 31.2 Å². The van der Waals surface area contributed by atoms with E-state index < -0.39 is 38.3 Å². The van der Waals surface area contributed by atoms with E-state index in [1.807, 2.05) is 0 Å². The zero-order valence-corrected chi connectivity index (χ0v) is 16.0. The van der Waals surface area contributed by atoms with Crippen LogP contribution in [0.25, 0.3) is 0 Å². The number of halogens is 3. The molecular weight excluding hydrogens is 417 g/mol. The maximum absolute atomic E-state index is 12.8. The quantitative estimate of drug-likeness (QED) is 0.751. The lowest BCUT2D eigenvalue weighted by molar-refractivity contribution is -0.275. The minimum atomic E-state index is -5.03. The minimum absolute atomic E-state index is 0.0556. The molecule has 1 aromatic heterocycles. The Balaban J connectivity index is 1.81. The second kappa shape index (κ2) is 7.55. The fourth-order valence-electron chi connectivity index (χ4n) is 2.89. The molecule has 0 aliphatic carbocycles. The first-order valence-electron chi connectivity index (χ1n) is 8.39. The van der Waals surface area contributed by atoms with Gasteiger partial charge in [-0.15, -0.1) is 13.2 Å². The fraction of sp³-hybridized carbons (Fsp3) is 0.375. The number of hydrogen-bond donors (Lipinski definition) is 1. The number of benzene rings is 1. The Morgan fingerprint density at radius 3 is 2.28 bits per heavy atom. The summed E-state index contributed by atoms with van der Waals surface area (Å²) in [5, 5.41) is 0. The molecule has 9 nitrogen and oxygen atoms in total. The summed E-state index contributed by atoms with van der Waals surface area (Å²) in [6, 6.07) is 5.74. The number of hydrogen-bond acceptors (Lipinski definition) is 6. The fourth-order valence-corrected chi connectivity index (χ4v) is 4.43. The van der Waals surface area contributed by atoms with Crippen molar-refractivity contribution < 1.29 is 26.3 Å². The van der Waals surface area contributed by atoms with Gasteiger partial charge in [0.15, 0.2) is 0 Å². The third-order valence-electron chi connectivity index (χ3n) is 4.40. The summed E-state index contributed by atoms with van der Waals surface area (Å²) in [5.41, 5.74) is -1.13. The molecule has 0 radical (unpaired) electrons. The standard InChI is InChI=1S/C16H17F3N4O5S/c1-21-14(24)10-13(20-15(21)25)22-6-8-23(9-7-22)29(26,27)12-5-3-2-4-11(12)28-16(17,18)19/h2-5,10H,6-9H2,1H3,(H,20,25). The van der Waals surface area contributed by atoms with Crippen molar-refractivity contribution in [2.45, 2.75) is 11.3 Å². The van der Waals surface area contributed by atoms with Gasteiger partial charge in [0, 0.05) is 39.3 Å². The molecule has 13 heteroatoms. The summed E-state index contributed by atoms with van der Waals surface area (Å²) in [4.78, 5) is 27.1. The largest absolute Gasteiger partial charge is 0.573 e. The number of ether oxygens (including phenoxy) is 1. The van der Waals surface area contributed by atoms with Crippen molar-refractivity contribution >= 4 is 15.8 Å². The Morgan fingerprint density at radius 2 is 1.69 bits per heavy atom. The van der Waals surface area contributed by atoms with Crippen LogP contribution in [-0.2, 0) is 17.1 Å². The van der Waals surface area contributed by atoms with Crippen molar-refractivity contribution in [2.24, 2.45) is 7.05 Å². The van der Waals surface area contributed by atoms with Crippen molar-refractivity contribution in [1.29, 1.82) is 0 Å². The number of nitrogens with zero attached hydrogens (tertiary/aromatic N) is 3. The van der Waals surface area contributed by atoms with Crippen LogP contribution in [0.3, 0.4) is 0 Å². The van der Waals surface area contributed by atoms with Gasteiger partial charge >= 0.3 is 12.1 Å². The SMILES string of the molecule is Cn1c(=O)cc(N2CCN(S(=O)(=O)c3ccccc3OC(F)(F)F)CC2)[nH]c1=O. The van der Waals surface area contributed by atoms with Crippen molar-refractivity contribution in [3.8, 4) is 5.75 Å². The van der Waals surface area contributed by atoms with Crippen LogP contribution in [0.5, 0.6) is 5.75 Å². The molecule has 1 aromatic carbocycles. The number of H-pyrrole nitrogens is 1. The van der Waals surface area contributed by atoms with Crippen molar-refractivity contribution in [3.63, 3.8) is 0 Å². The summed E-state index contributed by atoms with van der Waals surface area (Å²) in [5.74, 6) is -0.561. The molecule has 0 saturated carbocycles. The Morgan fingerprint density at radius 1 is 1.07 bits per heavy atom. The highest BCUT2D eigenvalue weighted by Crippen LogP contribution is 2.31. The number of nitrogens with one attached hydrogen (secondary N) is 1. The molecule has 0 unspecified atom stereocenters. The highest BCUT2D eigenvalue weighted by Gasteiger charge is 2.36. The van der Waals surface area contributed by atoms with Gasteiger partial charge in [-0.25, -0.2) is 13.2 Å². The van der Waals surface area contributed by atoms with Gasteiger partial charge in [0.2, 0.25) is 10.0 Å². The molecule has 0 atom stereocenters. The number of alkyl halides is 3. The van der Waals surface area contributed by atoms with Gasteiger partial charge < -0.3 is 9.64 Å². The molecule has 29 heavy (non-hydrogen) atoms. The maximum Gasteiger partial charge on any atom is 0.573 e. The summed E-state index contributed by atoms with van der Waals surface area (Å²) < 4.78 is 69.2. The van der Waals surface area contributed by atoms with Gasteiger partial charge in [0.1, 0.15) is 16.5 Å². The van der Waals surface area contributed by atoms with Crippen LogP contribution in [0.1, 0.15) is 0 Å². The van der Waals surface area contributed by atoms with E-state index in [-0.39, 0.29) is 32.0 Å². The van der Waals surface area contributed by atoms with Crippen LogP contribution in [0.15, 0.2) is 44.8 Å². The number of sulfonamides is 1. The lowest BCUT2D eigenvalue weighted by atomic mass is 10.3. The van der Waals surface area contributed by atoms with Crippen LogP contribution >= 0.6 is 0 Å². The lowest BCUT2D eigenvalue weighted by Gasteiger charge is -2.35. The monoisotopic (exact) mass is 434 g/mol. The van der Waals surface area contributed by atoms with E-state index in [1.165, 1.54) is 25.2 Å². The minimum Gasteiger partial charge on any atom is -0.404 e. The van der Waals surface area contributed by atoms with E-state index in [2.05, 4.69) is 9.72 Å². The first kappa shape index (κ1) is 20.9. The third-order valence-corrected chi connectivity index (χ3v) is 6.34. The number of rotatable bonds is 4. The Hall–Kier alpha value is -2.80. The van der Waals surface area contributed by atoms with Crippen molar-refractivity contribution in [3.05, 3.63) is 51.2 Å². The molecule has 0 spiro atoms. The molecule has 3 rings (SSSR count). The number of aromatic nitrogens is 2. The van der Waals surface area contributed by atoms with Gasteiger partial charge in [-0.1, -0.05) is 12.1 Å². The Kier molecular flexibility index (Phi) is 5.45. The van der Waals surface area contributed by atoms with Gasteiger partial charge in [0.05, 0.1) is 0 Å². The molecule has 2 aromatic rings. The van der Waals surface area contributed by atoms with E-state index in [1.54, 1.807) is 4.90 Å². The summed E-state index contributed by atoms with van der Waals surface area (Å²) in [6.45, 7) is 0.148. The highest BCUT2D eigenvalue weighted by atomic mass is 32.2. The van der Waals surface area contributed by atoms with Crippen LogP contribution < -0.4 is 20.9 Å². The summed E-state index contributed by atoms with van der Waals surface area (Å²) in [6.07, 6.45) is -5.03. The molecule has 1 aliphatic heterocycles. The first-order valence-corrected chi connectivity index (χ1v) is 9.83.